The molecule has 6 nitrogen and oxygen atoms in total. The van der Waals surface area contributed by atoms with Crippen LogP contribution in [0.1, 0.15) is 57.8 Å². The lowest BCUT2D eigenvalue weighted by molar-refractivity contribution is -0.159. The Morgan fingerprint density at radius 3 is 2.13 bits per heavy atom. The van der Waals surface area contributed by atoms with E-state index in [2.05, 4.69) is 0 Å². The van der Waals surface area contributed by atoms with E-state index in [9.17, 15) is 19.5 Å². The third-order valence-electron chi connectivity index (χ3n) is 5.16. The lowest BCUT2D eigenvalue weighted by Crippen LogP contribution is -2.38. The molecule has 2 N–H and O–H groups in total. The highest BCUT2D eigenvalue weighted by atomic mass is 16.5. The van der Waals surface area contributed by atoms with Crippen molar-refractivity contribution >= 4 is 17.7 Å². The number of carboxylic acid groups (broad SMARTS) is 2. The molecule has 0 radical (unpaired) electrons. The second-order valence-corrected chi connectivity index (χ2v) is 6.88. The van der Waals surface area contributed by atoms with Crippen LogP contribution < -0.4 is 0 Å². The molecule has 23 heavy (non-hydrogen) atoms. The van der Waals surface area contributed by atoms with E-state index >= 15 is 0 Å². The first-order valence-corrected chi connectivity index (χ1v) is 8.56. The first-order chi connectivity index (χ1) is 11.0. The average Bonchev–Trinajstić information content (AvgIpc) is 2.53. The lowest BCUT2D eigenvalue weighted by Gasteiger charge is -2.31. The second kappa shape index (κ2) is 8.43. The standard InChI is InChI=1S/C17H26O6/c18-12(8-11-4-2-1-3-5-11)10-23-13-6-7-14(16(19)20)15(9-13)17(21)22/h11,13-15H,1-10H2,(H,19,20)(H,21,22). The highest BCUT2D eigenvalue weighted by Gasteiger charge is 2.39. The van der Waals surface area contributed by atoms with Gasteiger partial charge in [-0.1, -0.05) is 32.1 Å². The summed E-state index contributed by atoms with van der Waals surface area (Å²) >= 11 is 0. The van der Waals surface area contributed by atoms with E-state index in [0.29, 0.717) is 18.8 Å². The highest BCUT2D eigenvalue weighted by molar-refractivity contribution is 5.80. The minimum atomic E-state index is -1.10. The molecule has 3 atom stereocenters. The maximum atomic E-state index is 12.0. The van der Waals surface area contributed by atoms with Crippen molar-refractivity contribution < 1.29 is 29.3 Å². The molecule has 130 valence electrons. The zero-order valence-corrected chi connectivity index (χ0v) is 13.4. The Balaban J connectivity index is 1.76. The number of hydrogen-bond donors (Lipinski definition) is 2. The van der Waals surface area contributed by atoms with Gasteiger partial charge >= 0.3 is 11.9 Å². The van der Waals surface area contributed by atoms with Crippen molar-refractivity contribution in [3.05, 3.63) is 0 Å². The predicted octanol–water partition coefficient (Wildman–Crippen LogP) is 2.50. The van der Waals surface area contributed by atoms with E-state index in [1.807, 2.05) is 0 Å². The Morgan fingerprint density at radius 1 is 0.870 bits per heavy atom. The van der Waals surface area contributed by atoms with Crippen LogP contribution in [0.4, 0.5) is 0 Å². The Bertz CT molecular complexity index is 440. The maximum Gasteiger partial charge on any atom is 0.307 e. The molecule has 2 saturated carbocycles. The van der Waals surface area contributed by atoms with E-state index < -0.39 is 23.8 Å². The van der Waals surface area contributed by atoms with E-state index in [-0.39, 0.29) is 31.3 Å². The van der Waals surface area contributed by atoms with E-state index in [1.54, 1.807) is 0 Å². The van der Waals surface area contributed by atoms with Gasteiger partial charge in [0.05, 0.1) is 17.9 Å². The summed E-state index contributed by atoms with van der Waals surface area (Å²) in [6, 6.07) is 0. The van der Waals surface area contributed by atoms with Gasteiger partial charge in [-0.3, -0.25) is 14.4 Å². The molecule has 0 aliphatic heterocycles. The van der Waals surface area contributed by atoms with Crippen LogP contribution >= 0.6 is 0 Å². The first-order valence-electron chi connectivity index (χ1n) is 8.56. The van der Waals surface area contributed by atoms with Crippen LogP contribution in [0, 0.1) is 17.8 Å². The molecule has 0 aromatic rings. The molecule has 3 unspecified atom stereocenters. The minimum Gasteiger partial charge on any atom is -0.481 e. The number of aliphatic carboxylic acids is 2. The topological polar surface area (TPSA) is 101 Å². The van der Waals surface area contributed by atoms with Gasteiger partial charge in [0.15, 0.2) is 5.78 Å². The fraction of sp³-hybridized carbons (Fsp3) is 0.824. The molecule has 6 heteroatoms. The zero-order chi connectivity index (χ0) is 16.8. The van der Waals surface area contributed by atoms with Crippen LogP contribution in [0.2, 0.25) is 0 Å². The highest BCUT2D eigenvalue weighted by Crippen LogP contribution is 2.32. The van der Waals surface area contributed by atoms with Crippen LogP contribution in [0.3, 0.4) is 0 Å². The molecule has 2 aliphatic carbocycles. The van der Waals surface area contributed by atoms with Crippen LogP contribution in [-0.2, 0) is 19.1 Å². The van der Waals surface area contributed by atoms with Crippen LogP contribution in [0.5, 0.6) is 0 Å². The second-order valence-electron chi connectivity index (χ2n) is 6.88. The predicted molar refractivity (Wildman–Crippen MR) is 82.0 cm³/mol. The Hall–Kier alpha value is -1.43. The van der Waals surface area contributed by atoms with Crippen molar-refractivity contribution in [2.24, 2.45) is 17.8 Å². The average molecular weight is 326 g/mol. The molecule has 2 aliphatic rings. The van der Waals surface area contributed by atoms with Gasteiger partial charge in [0.2, 0.25) is 0 Å². The van der Waals surface area contributed by atoms with E-state index in [0.717, 1.165) is 12.8 Å². The van der Waals surface area contributed by atoms with Gasteiger partial charge in [0.25, 0.3) is 0 Å². The number of carboxylic acids is 2. The van der Waals surface area contributed by atoms with Crippen molar-refractivity contribution in [1.29, 1.82) is 0 Å². The molecular formula is C17H26O6. The molecule has 2 fully saturated rings. The summed E-state index contributed by atoms with van der Waals surface area (Å²) in [5.41, 5.74) is 0. The summed E-state index contributed by atoms with van der Waals surface area (Å²) < 4.78 is 5.59. The van der Waals surface area contributed by atoms with Crippen molar-refractivity contribution in [2.45, 2.75) is 63.9 Å². The molecular weight excluding hydrogens is 300 g/mol. The minimum absolute atomic E-state index is 0.0191. The third-order valence-corrected chi connectivity index (χ3v) is 5.16. The maximum absolute atomic E-state index is 12.0. The summed E-state index contributed by atoms with van der Waals surface area (Å²) in [5, 5.41) is 18.3. The van der Waals surface area contributed by atoms with Gasteiger partial charge in [-0.25, -0.2) is 0 Å². The molecule has 0 saturated heterocycles. The zero-order valence-electron chi connectivity index (χ0n) is 13.4. The summed E-state index contributed by atoms with van der Waals surface area (Å²) in [6.45, 7) is 0.0191. The summed E-state index contributed by atoms with van der Waals surface area (Å²) in [6.07, 6.45) is 7.03. The smallest absolute Gasteiger partial charge is 0.307 e. The fourth-order valence-corrected chi connectivity index (χ4v) is 3.83. The molecule has 0 spiro atoms. The third kappa shape index (κ3) is 5.30. The molecule has 0 aromatic carbocycles. The number of rotatable bonds is 7. The summed E-state index contributed by atoms with van der Waals surface area (Å²) in [5.74, 6) is -3.41. The van der Waals surface area contributed by atoms with Gasteiger partial charge in [-0.05, 0) is 25.2 Å². The number of Topliss-reactive ketones (excluding diaryl/α,β-unsaturated/α-hetero) is 1. The van der Waals surface area contributed by atoms with Crippen LogP contribution in [-0.4, -0.2) is 40.6 Å². The van der Waals surface area contributed by atoms with Crippen molar-refractivity contribution in [1.82, 2.24) is 0 Å². The van der Waals surface area contributed by atoms with E-state index in [4.69, 9.17) is 9.84 Å². The normalized spacial score (nSPS) is 29.1. The Morgan fingerprint density at radius 2 is 1.52 bits per heavy atom. The number of carbonyl (C=O) groups is 3. The van der Waals surface area contributed by atoms with Gasteiger partial charge in [0, 0.05) is 6.42 Å². The SMILES string of the molecule is O=C(COC1CCC(C(=O)O)C(C(=O)O)C1)CC1CCCCC1. The monoisotopic (exact) mass is 326 g/mol. The van der Waals surface area contributed by atoms with Crippen molar-refractivity contribution in [3.8, 4) is 0 Å². The molecule has 0 aromatic heterocycles. The molecule has 0 bridgehead atoms. The van der Waals surface area contributed by atoms with Crippen LogP contribution in [0.25, 0.3) is 0 Å². The lowest BCUT2D eigenvalue weighted by atomic mass is 9.78. The summed E-state index contributed by atoms with van der Waals surface area (Å²) in [4.78, 5) is 34.3. The van der Waals surface area contributed by atoms with Crippen molar-refractivity contribution in [3.63, 3.8) is 0 Å². The number of hydrogen-bond acceptors (Lipinski definition) is 4. The quantitative estimate of drug-likeness (QED) is 0.745. The van der Waals surface area contributed by atoms with Gasteiger partial charge < -0.3 is 14.9 Å². The number of ether oxygens (including phenoxy) is 1. The molecule has 0 heterocycles. The summed E-state index contributed by atoms with van der Waals surface area (Å²) in [7, 11) is 0. The number of ketones is 1. The van der Waals surface area contributed by atoms with Gasteiger partial charge in [-0.2, -0.15) is 0 Å². The van der Waals surface area contributed by atoms with E-state index in [1.165, 1.54) is 19.3 Å². The largest absolute Gasteiger partial charge is 0.481 e. The Kier molecular flexibility index (Phi) is 6.57. The number of carbonyl (C=O) groups excluding carboxylic acids is 1. The van der Waals surface area contributed by atoms with Crippen molar-refractivity contribution in [2.75, 3.05) is 6.61 Å². The first kappa shape index (κ1) is 17.9. The van der Waals surface area contributed by atoms with Gasteiger partial charge in [0.1, 0.15) is 6.61 Å². The van der Waals surface area contributed by atoms with Gasteiger partial charge in [-0.15, -0.1) is 0 Å². The molecule has 0 amide bonds. The Labute approximate surface area is 136 Å². The van der Waals surface area contributed by atoms with Crippen LogP contribution in [0.15, 0.2) is 0 Å². The fourth-order valence-electron chi connectivity index (χ4n) is 3.83. The molecule has 2 rings (SSSR count).